The van der Waals surface area contributed by atoms with Gasteiger partial charge in [0.05, 0.1) is 13.2 Å². The Balaban J connectivity index is 1.58. The third-order valence-electron chi connectivity index (χ3n) is 7.36. The van der Waals surface area contributed by atoms with E-state index >= 15 is 0 Å². The zero-order valence-electron chi connectivity index (χ0n) is 23.2. The lowest BCUT2D eigenvalue weighted by Gasteiger charge is -2.33. The number of benzene rings is 1. The van der Waals surface area contributed by atoms with Gasteiger partial charge in [0.25, 0.3) is 0 Å². The minimum atomic E-state index is -6.82. The first kappa shape index (κ1) is 34.8. The Morgan fingerprint density at radius 1 is 0.805 bits per heavy atom. The summed E-state index contributed by atoms with van der Waals surface area (Å²) in [6.07, 6.45) is 3.11. The molecule has 0 saturated carbocycles. The zero-order valence-corrected chi connectivity index (χ0v) is 23.2. The van der Waals surface area contributed by atoms with Crippen molar-refractivity contribution in [1.82, 2.24) is 4.90 Å². The van der Waals surface area contributed by atoms with Crippen LogP contribution < -0.4 is 4.74 Å². The van der Waals surface area contributed by atoms with Crippen LogP contribution in [0.15, 0.2) is 42.1 Å². The third kappa shape index (κ3) is 9.04. The molecule has 0 radical (unpaired) electrons. The van der Waals surface area contributed by atoms with Crippen LogP contribution in [0.25, 0.3) is 0 Å². The van der Waals surface area contributed by atoms with Crippen molar-refractivity contribution in [3.8, 4) is 5.75 Å². The Hall–Kier alpha value is -2.40. The van der Waals surface area contributed by atoms with Gasteiger partial charge in [-0.2, -0.15) is 39.5 Å². The van der Waals surface area contributed by atoms with Crippen molar-refractivity contribution in [2.45, 2.75) is 108 Å². The second kappa shape index (κ2) is 14.7. The maximum Gasteiger partial charge on any atom is 0.460 e. The average Bonchev–Trinajstić information content (AvgIpc) is 3.24. The number of ether oxygens (including phenoxy) is 1. The Bertz CT molecular complexity index is 1020. The van der Waals surface area contributed by atoms with Gasteiger partial charge in [-0.05, 0) is 62.2 Å². The minimum Gasteiger partial charge on any atom is -0.496 e. The lowest BCUT2D eigenvalue weighted by Crippen LogP contribution is -2.60. The molecule has 1 heterocycles. The number of alkyl halides is 9. The number of allylic oxidation sites excluding steroid dienone is 1. The summed E-state index contributed by atoms with van der Waals surface area (Å²) < 4.78 is 135. The van der Waals surface area contributed by atoms with Gasteiger partial charge in [0, 0.05) is 18.5 Å². The number of hydrogen-bond acceptors (Lipinski definition) is 2. The number of nitrogens with zero attached hydrogens (tertiary/aromatic N) is 1. The van der Waals surface area contributed by atoms with Gasteiger partial charge in [0.1, 0.15) is 11.6 Å². The maximum absolute atomic E-state index is 13.6. The van der Waals surface area contributed by atoms with E-state index in [0.717, 1.165) is 49.8 Å². The molecule has 1 aliphatic rings. The van der Waals surface area contributed by atoms with Gasteiger partial charge in [-0.25, -0.2) is 4.39 Å². The average molecular weight is 606 g/mol. The molecule has 2 nitrogen and oxygen atoms in total. The standard InChI is InChI=1S/C29H37F10NO/c1-21-22(12-13-23-20-24(30)14-15-25(23)41-2)16-19-40(21)18-11-9-7-5-3-4-6-8-10-17-26(31,32)27(33,34)28(35,36)29(37,38)39/h12,14-16,19-21H,3-11,13,17-18H2,1-2H3/b22-12-. The fourth-order valence-corrected chi connectivity index (χ4v) is 4.73. The van der Waals surface area contributed by atoms with Crippen molar-refractivity contribution in [3.63, 3.8) is 0 Å². The molecule has 2 rings (SSSR count). The van der Waals surface area contributed by atoms with E-state index in [-0.39, 0.29) is 18.3 Å². The van der Waals surface area contributed by atoms with Gasteiger partial charge < -0.3 is 9.64 Å². The molecule has 1 unspecified atom stereocenters. The van der Waals surface area contributed by atoms with Crippen LogP contribution in [-0.4, -0.2) is 48.5 Å². The Labute approximate surface area is 234 Å². The topological polar surface area (TPSA) is 12.5 Å². The summed E-state index contributed by atoms with van der Waals surface area (Å²) in [6.45, 7) is 2.94. The predicted molar refractivity (Wildman–Crippen MR) is 137 cm³/mol. The quantitative estimate of drug-likeness (QED) is 0.129. The van der Waals surface area contributed by atoms with Crippen LogP contribution >= 0.6 is 0 Å². The van der Waals surface area contributed by atoms with Crippen molar-refractivity contribution in [2.75, 3.05) is 13.7 Å². The van der Waals surface area contributed by atoms with Crippen LogP contribution in [0.3, 0.4) is 0 Å². The molecule has 1 aliphatic heterocycles. The SMILES string of the molecule is COc1ccc(F)cc1C/C=C1/C=CN(CCCCCCCCCCCC(F)(F)C(F)(F)C(F)(F)C(F)(F)F)C1C. The van der Waals surface area contributed by atoms with E-state index in [1.807, 2.05) is 12.3 Å². The third-order valence-corrected chi connectivity index (χ3v) is 7.36. The summed E-state index contributed by atoms with van der Waals surface area (Å²) >= 11 is 0. The maximum atomic E-state index is 13.6. The van der Waals surface area contributed by atoms with E-state index in [0.29, 0.717) is 25.0 Å². The molecule has 0 bridgehead atoms. The molecule has 0 aromatic heterocycles. The number of rotatable bonds is 17. The Morgan fingerprint density at radius 3 is 1.93 bits per heavy atom. The number of unbranched alkanes of at least 4 members (excludes halogenated alkanes) is 8. The van der Waals surface area contributed by atoms with E-state index in [2.05, 4.69) is 17.9 Å². The Morgan fingerprint density at radius 2 is 1.37 bits per heavy atom. The molecule has 0 N–H and O–H groups in total. The van der Waals surface area contributed by atoms with E-state index in [4.69, 9.17) is 4.74 Å². The zero-order chi connectivity index (χ0) is 30.9. The van der Waals surface area contributed by atoms with Crippen LogP contribution in [0.1, 0.15) is 76.7 Å². The minimum absolute atomic E-state index is 0.0320. The highest BCUT2D eigenvalue weighted by Gasteiger charge is 2.81. The summed E-state index contributed by atoms with van der Waals surface area (Å²) in [7, 11) is 1.54. The molecule has 1 aromatic rings. The van der Waals surface area contributed by atoms with Crippen molar-refractivity contribution in [2.24, 2.45) is 0 Å². The summed E-state index contributed by atoms with van der Waals surface area (Å²) in [5, 5.41) is 0. The predicted octanol–water partition coefficient (Wildman–Crippen LogP) is 9.89. The molecule has 12 heteroatoms. The first-order valence-corrected chi connectivity index (χ1v) is 13.7. The normalized spacial score (nSPS) is 17.6. The molecule has 234 valence electrons. The van der Waals surface area contributed by atoms with Crippen molar-refractivity contribution in [1.29, 1.82) is 0 Å². The van der Waals surface area contributed by atoms with Gasteiger partial charge in [-0.3, -0.25) is 0 Å². The highest BCUT2D eigenvalue weighted by Crippen LogP contribution is 2.54. The molecule has 41 heavy (non-hydrogen) atoms. The van der Waals surface area contributed by atoms with Crippen LogP contribution in [0.2, 0.25) is 0 Å². The van der Waals surface area contributed by atoms with Gasteiger partial charge in [0.2, 0.25) is 0 Å². The number of methoxy groups -OCH3 is 1. The van der Waals surface area contributed by atoms with Crippen LogP contribution in [0, 0.1) is 5.82 Å². The van der Waals surface area contributed by atoms with Crippen molar-refractivity contribution in [3.05, 3.63) is 53.5 Å². The lowest BCUT2D eigenvalue weighted by atomic mass is 9.97. The highest BCUT2D eigenvalue weighted by molar-refractivity contribution is 5.38. The Kier molecular flexibility index (Phi) is 12.4. The molecule has 1 aromatic carbocycles. The highest BCUT2D eigenvalue weighted by atomic mass is 19.4. The molecule has 0 amide bonds. The second-order valence-electron chi connectivity index (χ2n) is 10.4. The second-order valence-corrected chi connectivity index (χ2v) is 10.4. The molecule has 0 saturated heterocycles. The fourth-order valence-electron chi connectivity index (χ4n) is 4.73. The van der Waals surface area contributed by atoms with Gasteiger partial charge >= 0.3 is 23.9 Å². The lowest BCUT2D eigenvalue weighted by molar-refractivity contribution is -0.396. The number of hydrogen-bond donors (Lipinski definition) is 0. The van der Waals surface area contributed by atoms with E-state index in [9.17, 15) is 43.9 Å². The van der Waals surface area contributed by atoms with Gasteiger partial charge in [0.15, 0.2) is 0 Å². The number of halogens is 10. The summed E-state index contributed by atoms with van der Waals surface area (Å²) in [6, 6.07) is 4.60. The van der Waals surface area contributed by atoms with Crippen LogP contribution in [0.5, 0.6) is 5.75 Å². The van der Waals surface area contributed by atoms with E-state index in [1.165, 1.54) is 12.1 Å². The van der Waals surface area contributed by atoms with Crippen molar-refractivity contribution < 1.29 is 48.6 Å². The van der Waals surface area contributed by atoms with E-state index in [1.54, 1.807) is 13.2 Å². The van der Waals surface area contributed by atoms with Crippen LogP contribution in [-0.2, 0) is 6.42 Å². The van der Waals surface area contributed by atoms with Crippen molar-refractivity contribution >= 4 is 0 Å². The first-order valence-electron chi connectivity index (χ1n) is 13.7. The fraction of sp³-hybridized carbons (Fsp3) is 0.655. The molecular formula is C29H37F10NO. The molecule has 0 fully saturated rings. The summed E-state index contributed by atoms with van der Waals surface area (Å²) in [4.78, 5) is 2.22. The monoisotopic (exact) mass is 605 g/mol. The van der Waals surface area contributed by atoms with Gasteiger partial charge in [-0.15, -0.1) is 0 Å². The summed E-state index contributed by atoms with van der Waals surface area (Å²) in [5.74, 6) is -18.5. The van der Waals surface area contributed by atoms with Crippen LogP contribution in [0.4, 0.5) is 43.9 Å². The van der Waals surface area contributed by atoms with Gasteiger partial charge in [-0.1, -0.05) is 51.0 Å². The largest absolute Gasteiger partial charge is 0.496 e. The molecule has 0 spiro atoms. The summed E-state index contributed by atoms with van der Waals surface area (Å²) in [5.41, 5.74) is 1.90. The smallest absolute Gasteiger partial charge is 0.460 e. The molecular weight excluding hydrogens is 568 g/mol. The molecule has 1 atom stereocenters. The molecule has 0 aliphatic carbocycles. The first-order chi connectivity index (χ1) is 19.0. The van der Waals surface area contributed by atoms with E-state index < -0.39 is 36.8 Å².